The van der Waals surface area contributed by atoms with Crippen molar-refractivity contribution >= 4 is 59.5 Å². The smallest absolute Gasteiger partial charge is 0.146 e. The van der Waals surface area contributed by atoms with Gasteiger partial charge in [-0.2, -0.15) is 0 Å². The Hall–Kier alpha value is -3.45. The van der Waals surface area contributed by atoms with Gasteiger partial charge in [-0.25, -0.2) is 0 Å². The van der Waals surface area contributed by atoms with Crippen LogP contribution >= 0.6 is 0 Å². The monoisotopic (exact) mass is 640 g/mol. The van der Waals surface area contributed by atoms with Gasteiger partial charge in [-0.05, 0) is 80.4 Å². The van der Waals surface area contributed by atoms with Gasteiger partial charge in [0.15, 0.2) is 0 Å². The molecule has 2 heterocycles. The van der Waals surface area contributed by atoms with Gasteiger partial charge in [0.2, 0.25) is 0 Å². The maximum Gasteiger partial charge on any atom is 0.146 e. The van der Waals surface area contributed by atoms with Crippen molar-refractivity contribution in [3.8, 4) is 22.9 Å². The first-order valence-electron chi connectivity index (χ1n) is 17.3. The second-order valence-corrected chi connectivity index (χ2v) is 26.4. The van der Waals surface area contributed by atoms with Crippen molar-refractivity contribution in [3.05, 3.63) is 72.1 Å². The van der Waals surface area contributed by atoms with Gasteiger partial charge in [0.25, 0.3) is 0 Å². The SMILES string of the molecule is CC(C)[Si](C#Cc1c2cc3cccnc3cc2c(C#C[Si](C(C)C)(C(C)C)C(C)C)c2cc3ncccc3cc12)(C(C)C)C(C)C. The summed E-state index contributed by atoms with van der Waals surface area (Å²) in [4.78, 5) is 9.60. The maximum absolute atomic E-state index is 4.80. The van der Waals surface area contributed by atoms with Gasteiger partial charge >= 0.3 is 0 Å². The molecule has 2 nitrogen and oxygen atoms in total. The molecule has 0 N–H and O–H groups in total. The van der Waals surface area contributed by atoms with Gasteiger partial charge < -0.3 is 0 Å². The molecule has 0 radical (unpaired) electrons. The Balaban J connectivity index is 2.02. The van der Waals surface area contributed by atoms with Crippen LogP contribution in [0.2, 0.25) is 33.2 Å². The number of nitrogens with zero attached hydrogens (tertiary/aromatic N) is 2. The molecule has 0 saturated carbocycles. The second-order valence-electron chi connectivity index (χ2n) is 15.2. The molecule has 0 aliphatic rings. The van der Waals surface area contributed by atoms with Crippen LogP contribution in [0.5, 0.6) is 0 Å². The summed E-state index contributed by atoms with van der Waals surface area (Å²) >= 11 is 0. The van der Waals surface area contributed by atoms with Crippen LogP contribution < -0.4 is 0 Å². The highest BCUT2D eigenvalue weighted by atomic mass is 28.3. The molecule has 0 unspecified atom stereocenters. The zero-order valence-electron chi connectivity index (χ0n) is 30.1. The number of hydrogen-bond acceptors (Lipinski definition) is 2. The fourth-order valence-electron chi connectivity index (χ4n) is 8.84. The summed E-state index contributed by atoms with van der Waals surface area (Å²) in [7, 11) is -3.99. The van der Waals surface area contributed by atoms with Crippen LogP contribution in [-0.2, 0) is 0 Å². The Labute approximate surface area is 279 Å². The lowest BCUT2D eigenvalue weighted by Crippen LogP contribution is -2.43. The van der Waals surface area contributed by atoms with Crippen molar-refractivity contribution in [1.29, 1.82) is 0 Å². The molecule has 46 heavy (non-hydrogen) atoms. The van der Waals surface area contributed by atoms with E-state index in [1.807, 2.05) is 24.5 Å². The van der Waals surface area contributed by atoms with Gasteiger partial charge in [0.05, 0.1) is 11.0 Å². The molecule has 0 bridgehead atoms. The molecule has 3 aromatic carbocycles. The molecule has 0 atom stereocenters. The normalized spacial score (nSPS) is 12.7. The zero-order chi connectivity index (χ0) is 33.6. The first kappa shape index (κ1) is 33.9. The topological polar surface area (TPSA) is 25.8 Å². The molecule has 0 amide bonds. The highest BCUT2D eigenvalue weighted by Crippen LogP contribution is 2.43. The number of pyridine rings is 2. The molecule has 4 heteroatoms. The van der Waals surface area contributed by atoms with E-state index in [-0.39, 0.29) is 0 Å². The largest absolute Gasteiger partial charge is 0.256 e. The fraction of sp³-hybridized carbons (Fsp3) is 0.429. The van der Waals surface area contributed by atoms with E-state index in [0.717, 1.165) is 43.7 Å². The van der Waals surface area contributed by atoms with E-state index in [4.69, 9.17) is 9.97 Å². The van der Waals surface area contributed by atoms with Gasteiger partial charge in [0.1, 0.15) is 16.1 Å². The standard InChI is InChI=1S/C42H52N2Si2/c1-27(2)45(28(3)4,29(5)6)21-17-35-37-23-33-15-13-19-43-41(33)25-39(37)36(18-22-46(30(7)8,31(9)10)32(11)12)40-26-42-34(24-38(35)40)16-14-20-44-42/h13-16,19-20,23-32H,1-12H3. The van der Waals surface area contributed by atoms with Crippen LogP contribution in [0.15, 0.2) is 60.9 Å². The predicted molar refractivity (Wildman–Crippen MR) is 208 cm³/mol. The van der Waals surface area contributed by atoms with E-state index in [0.29, 0.717) is 33.2 Å². The van der Waals surface area contributed by atoms with E-state index in [1.54, 1.807) is 0 Å². The molecule has 0 fully saturated rings. The van der Waals surface area contributed by atoms with Gasteiger partial charge in [0, 0.05) is 45.1 Å². The Morgan fingerprint density at radius 1 is 0.457 bits per heavy atom. The third-order valence-electron chi connectivity index (χ3n) is 11.1. The molecular weight excluding hydrogens is 589 g/mol. The molecule has 2 aromatic heterocycles. The van der Waals surface area contributed by atoms with Crippen molar-refractivity contribution in [2.45, 2.75) is 116 Å². The van der Waals surface area contributed by atoms with Crippen LogP contribution in [0, 0.1) is 22.9 Å². The van der Waals surface area contributed by atoms with Gasteiger partial charge in [-0.15, -0.1) is 11.1 Å². The predicted octanol–water partition coefficient (Wildman–Crippen LogP) is 12.2. The molecule has 0 aliphatic carbocycles. The van der Waals surface area contributed by atoms with E-state index in [2.05, 4.69) is 142 Å². The van der Waals surface area contributed by atoms with Crippen molar-refractivity contribution in [3.63, 3.8) is 0 Å². The Bertz CT molecular complexity index is 1760. The second kappa shape index (κ2) is 13.0. The van der Waals surface area contributed by atoms with E-state index >= 15 is 0 Å². The highest BCUT2D eigenvalue weighted by Gasteiger charge is 2.42. The van der Waals surface area contributed by atoms with Crippen LogP contribution in [0.4, 0.5) is 0 Å². The summed E-state index contributed by atoms with van der Waals surface area (Å²) in [5.41, 5.74) is 15.6. The summed E-state index contributed by atoms with van der Waals surface area (Å²) in [6.07, 6.45) is 3.78. The summed E-state index contributed by atoms with van der Waals surface area (Å²) in [6.45, 7) is 28.7. The molecular formula is C42H52N2Si2. The molecule has 5 rings (SSSR count). The minimum atomic E-state index is -2.00. The number of hydrogen-bond donors (Lipinski definition) is 0. The van der Waals surface area contributed by atoms with Crippen LogP contribution in [0.3, 0.4) is 0 Å². The lowest BCUT2D eigenvalue weighted by atomic mass is 9.90. The van der Waals surface area contributed by atoms with Crippen molar-refractivity contribution in [1.82, 2.24) is 9.97 Å². The summed E-state index contributed by atoms with van der Waals surface area (Å²) in [5.74, 6) is 7.85. The summed E-state index contributed by atoms with van der Waals surface area (Å²) in [6, 6.07) is 17.6. The van der Waals surface area contributed by atoms with Crippen molar-refractivity contribution in [2.75, 3.05) is 0 Å². The lowest BCUT2D eigenvalue weighted by Gasteiger charge is -2.38. The van der Waals surface area contributed by atoms with Crippen LogP contribution in [-0.4, -0.2) is 26.1 Å². The van der Waals surface area contributed by atoms with E-state index in [1.165, 1.54) is 10.8 Å². The fourth-order valence-corrected chi connectivity index (χ4v) is 19.3. The number of rotatable bonds is 6. The molecule has 5 aromatic rings. The number of benzene rings is 3. The van der Waals surface area contributed by atoms with Gasteiger partial charge in [-0.3, -0.25) is 9.97 Å². The quantitative estimate of drug-likeness (QED) is 0.105. The van der Waals surface area contributed by atoms with Crippen molar-refractivity contribution < 1.29 is 0 Å². The average molecular weight is 641 g/mol. The molecule has 0 spiro atoms. The third-order valence-corrected chi connectivity index (χ3v) is 23.7. The van der Waals surface area contributed by atoms with Crippen molar-refractivity contribution in [2.24, 2.45) is 0 Å². The molecule has 0 saturated heterocycles. The lowest BCUT2D eigenvalue weighted by molar-refractivity contribution is 0.838. The zero-order valence-corrected chi connectivity index (χ0v) is 32.1. The summed E-state index contributed by atoms with van der Waals surface area (Å²) < 4.78 is 0. The highest BCUT2D eigenvalue weighted by molar-refractivity contribution is 6.91. The minimum Gasteiger partial charge on any atom is -0.256 e. The Morgan fingerprint density at radius 3 is 1.07 bits per heavy atom. The van der Waals surface area contributed by atoms with E-state index < -0.39 is 16.1 Å². The Kier molecular flexibility index (Phi) is 9.57. The Morgan fingerprint density at radius 2 is 0.761 bits per heavy atom. The first-order valence-corrected chi connectivity index (χ1v) is 21.8. The molecule has 238 valence electrons. The van der Waals surface area contributed by atoms with Gasteiger partial charge in [-0.1, -0.05) is 107 Å². The van der Waals surface area contributed by atoms with Crippen LogP contribution in [0.1, 0.15) is 94.2 Å². The molecule has 0 aliphatic heterocycles. The summed E-state index contributed by atoms with van der Waals surface area (Å²) in [5, 5.41) is 6.92. The maximum atomic E-state index is 4.80. The number of aromatic nitrogens is 2. The number of fused-ring (bicyclic) bond motifs is 4. The third kappa shape index (κ3) is 5.59. The minimum absolute atomic E-state index is 0.550. The van der Waals surface area contributed by atoms with E-state index in [9.17, 15) is 0 Å². The average Bonchev–Trinajstić information content (AvgIpc) is 2.99. The first-order chi connectivity index (χ1) is 21.7. The van der Waals surface area contributed by atoms with Crippen LogP contribution in [0.25, 0.3) is 43.4 Å².